The summed E-state index contributed by atoms with van der Waals surface area (Å²) in [5, 5.41) is 15.1. The lowest BCUT2D eigenvalue weighted by molar-refractivity contribution is 0.453. The highest BCUT2D eigenvalue weighted by molar-refractivity contribution is 7.20. The van der Waals surface area contributed by atoms with Gasteiger partial charge in [-0.05, 0) is 18.2 Å². The molecule has 0 spiro atoms. The Bertz CT molecular complexity index is 1020. The standard InChI is InChI=1S/C19H16N4OS2/c1-23(2)14-6-3-12(4-7-14)15-10-25-18(21-15)19-22-16(11-26-19)13-5-8-17(24)20-9-13/h3-11H,1-2H3,(H,20,24). The molecule has 26 heavy (non-hydrogen) atoms. The van der Waals surface area contributed by atoms with Crippen LogP contribution in [0.1, 0.15) is 0 Å². The van der Waals surface area contributed by atoms with Gasteiger partial charge in [-0.2, -0.15) is 0 Å². The predicted octanol–water partition coefficient (Wildman–Crippen LogP) is 4.77. The molecule has 4 rings (SSSR count). The third kappa shape index (κ3) is 3.31. The van der Waals surface area contributed by atoms with Crippen molar-refractivity contribution in [3.63, 3.8) is 0 Å². The summed E-state index contributed by atoms with van der Waals surface area (Å²) in [6, 6.07) is 11.7. The molecule has 4 aromatic rings. The summed E-state index contributed by atoms with van der Waals surface area (Å²) < 4.78 is 0. The van der Waals surface area contributed by atoms with Crippen molar-refractivity contribution in [2.24, 2.45) is 0 Å². The van der Waals surface area contributed by atoms with Gasteiger partial charge in [-0.1, -0.05) is 12.1 Å². The fourth-order valence-corrected chi connectivity index (χ4v) is 4.18. The molecule has 0 amide bonds. The van der Waals surface area contributed by atoms with Crippen LogP contribution in [0.2, 0.25) is 0 Å². The Morgan fingerprint density at radius 3 is 1.92 bits per heavy atom. The topological polar surface area (TPSA) is 62.1 Å². The average molecular weight is 380 g/mol. The first-order chi connectivity index (χ1) is 12.6. The lowest BCUT2D eigenvalue weighted by Gasteiger charge is -2.12. The molecule has 0 unspecified atom stereocenters. The van der Waals surface area contributed by atoms with Gasteiger partial charge in [0, 0.05) is 53.9 Å². The number of hydrogen-bond donors (Lipinski definition) is 1. The van der Waals surface area contributed by atoms with E-state index in [1.165, 1.54) is 0 Å². The highest BCUT2D eigenvalue weighted by Gasteiger charge is 2.12. The molecule has 0 aliphatic rings. The number of benzene rings is 1. The molecule has 3 aromatic heterocycles. The lowest BCUT2D eigenvalue weighted by atomic mass is 10.1. The zero-order chi connectivity index (χ0) is 18.1. The van der Waals surface area contributed by atoms with E-state index in [-0.39, 0.29) is 5.88 Å². The number of pyridine rings is 1. The molecule has 1 N–H and O–H groups in total. The molecule has 3 heterocycles. The van der Waals surface area contributed by atoms with Crippen LogP contribution in [0.5, 0.6) is 5.88 Å². The molecule has 0 radical (unpaired) electrons. The number of aromatic hydroxyl groups is 1. The highest BCUT2D eigenvalue weighted by atomic mass is 32.1. The number of nitrogens with zero attached hydrogens (tertiary/aromatic N) is 4. The minimum atomic E-state index is 0.00838. The molecule has 0 bridgehead atoms. The molecule has 0 saturated carbocycles. The van der Waals surface area contributed by atoms with Crippen molar-refractivity contribution in [2.75, 3.05) is 19.0 Å². The Kier molecular flexibility index (Phi) is 4.40. The number of aromatic nitrogens is 3. The number of hydrogen-bond acceptors (Lipinski definition) is 7. The monoisotopic (exact) mass is 380 g/mol. The van der Waals surface area contributed by atoms with E-state index in [1.54, 1.807) is 41.0 Å². The van der Waals surface area contributed by atoms with Crippen molar-refractivity contribution in [3.05, 3.63) is 53.4 Å². The summed E-state index contributed by atoms with van der Waals surface area (Å²) in [7, 11) is 4.05. The maximum Gasteiger partial charge on any atom is 0.210 e. The van der Waals surface area contributed by atoms with Gasteiger partial charge in [-0.15, -0.1) is 22.7 Å². The summed E-state index contributed by atoms with van der Waals surface area (Å²) in [5.74, 6) is 0.00838. The summed E-state index contributed by atoms with van der Waals surface area (Å²) in [4.78, 5) is 15.4. The van der Waals surface area contributed by atoms with Gasteiger partial charge >= 0.3 is 0 Å². The van der Waals surface area contributed by atoms with Crippen LogP contribution in [0, 0.1) is 0 Å². The van der Waals surface area contributed by atoms with Crippen molar-refractivity contribution in [2.45, 2.75) is 0 Å². The normalized spacial score (nSPS) is 10.8. The minimum absolute atomic E-state index is 0.00838. The minimum Gasteiger partial charge on any atom is -0.493 e. The van der Waals surface area contributed by atoms with Crippen LogP contribution in [-0.2, 0) is 0 Å². The molecule has 0 aliphatic heterocycles. The summed E-state index contributed by atoms with van der Waals surface area (Å²) >= 11 is 3.15. The van der Waals surface area contributed by atoms with Crippen molar-refractivity contribution >= 4 is 28.4 Å². The van der Waals surface area contributed by atoms with Crippen LogP contribution in [0.15, 0.2) is 53.4 Å². The molecule has 7 heteroatoms. The Balaban J connectivity index is 1.59. The second kappa shape index (κ2) is 6.86. The Hall–Kier alpha value is -2.77. The SMILES string of the molecule is CN(C)c1ccc(-c2csc(-c3nc(-c4ccc(O)nc4)cs3)n2)cc1. The van der Waals surface area contributed by atoms with Crippen LogP contribution >= 0.6 is 22.7 Å². The van der Waals surface area contributed by atoms with Gasteiger partial charge in [-0.3, -0.25) is 0 Å². The predicted molar refractivity (Wildman–Crippen MR) is 108 cm³/mol. The van der Waals surface area contributed by atoms with Crippen LogP contribution in [0.3, 0.4) is 0 Å². The van der Waals surface area contributed by atoms with E-state index < -0.39 is 0 Å². The zero-order valence-corrected chi connectivity index (χ0v) is 15.9. The van der Waals surface area contributed by atoms with Crippen molar-refractivity contribution < 1.29 is 5.11 Å². The molecular weight excluding hydrogens is 364 g/mol. The smallest absolute Gasteiger partial charge is 0.210 e. The average Bonchev–Trinajstić information content (AvgIpc) is 3.32. The molecule has 0 aliphatic carbocycles. The van der Waals surface area contributed by atoms with Crippen LogP contribution in [0.4, 0.5) is 5.69 Å². The lowest BCUT2D eigenvalue weighted by Crippen LogP contribution is -2.07. The maximum atomic E-state index is 9.31. The number of anilines is 1. The second-order valence-electron chi connectivity index (χ2n) is 5.92. The maximum absolute atomic E-state index is 9.31. The van der Waals surface area contributed by atoms with Gasteiger partial charge in [0.05, 0.1) is 11.4 Å². The Morgan fingerprint density at radius 1 is 0.808 bits per heavy atom. The molecule has 0 atom stereocenters. The summed E-state index contributed by atoms with van der Waals surface area (Å²) in [6.07, 6.45) is 1.62. The van der Waals surface area contributed by atoms with E-state index >= 15 is 0 Å². The van der Waals surface area contributed by atoms with Crippen molar-refractivity contribution in [1.82, 2.24) is 15.0 Å². The van der Waals surface area contributed by atoms with Crippen LogP contribution in [-0.4, -0.2) is 34.2 Å². The van der Waals surface area contributed by atoms with Crippen molar-refractivity contribution in [1.29, 1.82) is 0 Å². The molecule has 0 fully saturated rings. The van der Waals surface area contributed by atoms with E-state index in [0.717, 1.165) is 38.2 Å². The molecule has 5 nitrogen and oxygen atoms in total. The summed E-state index contributed by atoms with van der Waals surface area (Å²) in [6.45, 7) is 0. The second-order valence-corrected chi connectivity index (χ2v) is 7.64. The van der Waals surface area contributed by atoms with Crippen LogP contribution < -0.4 is 4.90 Å². The van der Waals surface area contributed by atoms with E-state index in [2.05, 4.69) is 44.5 Å². The zero-order valence-electron chi connectivity index (χ0n) is 14.2. The largest absolute Gasteiger partial charge is 0.493 e. The first kappa shape index (κ1) is 16.7. The molecule has 130 valence electrons. The van der Waals surface area contributed by atoms with Crippen LogP contribution in [0.25, 0.3) is 32.5 Å². The Morgan fingerprint density at radius 2 is 1.38 bits per heavy atom. The van der Waals surface area contributed by atoms with Gasteiger partial charge in [0.1, 0.15) is 0 Å². The highest BCUT2D eigenvalue weighted by Crippen LogP contribution is 2.33. The molecule has 0 saturated heterocycles. The van der Waals surface area contributed by atoms with E-state index in [4.69, 9.17) is 4.98 Å². The van der Waals surface area contributed by atoms with Gasteiger partial charge in [0.2, 0.25) is 5.88 Å². The van der Waals surface area contributed by atoms with Gasteiger partial charge in [0.15, 0.2) is 10.0 Å². The van der Waals surface area contributed by atoms with Gasteiger partial charge in [-0.25, -0.2) is 15.0 Å². The fraction of sp³-hybridized carbons (Fsp3) is 0.105. The fourth-order valence-electron chi connectivity index (χ4n) is 2.48. The van der Waals surface area contributed by atoms with Crippen molar-refractivity contribution in [3.8, 4) is 38.4 Å². The van der Waals surface area contributed by atoms with Gasteiger partial charge in [0.25, 0.3) is 0 Å². The Labute approximate surface area is 159 Å². The first-order valence-corrected chi connectivity index (χ1v) is 9.70. The quantitative estimate of drug-likeness (QED) is 0.553. The number of thiazole rings is 2. The first-order valence-electron chi connectivity index (χ1n) is 7.95. The third-order valence-corrected chi connectivity index (χ3v) is 5.74. The van der Waals surface area contributed by atoms with Gasteiger partial charge < -0.3 is 10.0 Å². The third-order valence-electron chi connectivity index (χ3n) is 3.91. The molecule has 1 aromatic carbocycles. The van der Waals surface area contributed by atoms with E-state index in [0.29, 0.717) is 0 Å². The van der Waals surface area contributed by atoms with E-state index in [9.17, 15) is 5.11 Å². The van der Waals surface area contributed by atoms with E-state index in [1.807, 2.05) is 19.5 Å². The summed E-state index contributed by atoms with van der Waals surface area (Å²) in [5.41, 5.74) is 4.93. The molecular formula is C19H16N4OS2. The number of rotatable bonds is 4.